The van der Waals surface area contributed by atoms with E-state index in [1.165, 1.54) is 56.5 Å². The predicted octanol–water partition coefficient (Wildman–Crippen LogP) is 13.3. The van der Waals surface area contributed by atoms with E-state index in [2.05, 4.69) is 0 Å². The number of methoxy groups -OCH3 is 3. The summed E-state index contributed by atoms with van der Waals surface area (Å²) >= 11 is 0. The summed E-state index contributed by atoms with van der Waals surface area (Å²) < 4.78 is 90.2. The summed E-state index contributed by atoms with van der Waals surface area (Å²) in [6.45, 7) is 9.44. The maximum Gasteiger partial charge on any atom is 1.00 e. The number of hydrogen-bond donors (Lipinski definition) is 3. The maximum atomic E-state index is 12.8. The van der Waals surface area contributed by atoms with Gasteiger partial charge in [-0.15, -0.1) is 0 Å². The Bertz CT molecular complexity index is 8130. The fraction of sp³-hybridized carbons (Fsp3) is 0.202. The molecule has 0 radical (unpaired) electrons. The van der Waals surface area contributed by atoms with Crippen molar-refractivity contribution in [2.24, 2.45) is 0 Å². The maximum absolute atomic E-state index is 12.8. The van der Waals surface area contributed by atoms with Gasteiger partial charge < -0.3 is 98.4 Å². The molecule has 0 amide bonds. The third-order valence-corrected chi connectivity index (χ3v) is 23.2. The van der Waals surface area contributed by atoms with Gasteiger partial charge in [-0.1, -0.05) is 78.6 Å². The first-order valence-electron chi connectivity index (χ1n) is 42.5. The summed E-state index contributed by atoms with van der Waals surface area (Å²) in [4.78, 5) is 129. The molecule has 0 bridgehead atoms. The van der Waals surface area contributed by atoms with E-state index in [-0.39, 0.29) is 158 Å². The quantitative estimate of drug-likeness (QED) is 0.0442. The number of hydrogen-bond acceptors (Lipinski definition) is 32. The molecule has 1 saturated heterocycles. The van der Waals surface area contributed by atoms with Gasteiger partial charge in [0, 0.05) is 135 Å². The van der Waals surface area contributed by atoms with E-state index in [4.69, 9.17) is 78.0 Å². The Morgan fingerprint density at radius 3 is 1.79 bits per heavy atom. The number of carbonyl (C=O) groups excluding carboxylic acids is 3. The molecule has 1 unspecified atom stereocenters. The van der Waals surface area contributed by atoms with Gasteiger partial charge in [0.1, 0.15) is 102 Å². The van der Waals surface area contributed by atoms with Gasteiger partial charge in [0.05, 0.1) is 55.6 Å². The van der Waals surface area contributed by atoms with Crippen LogP contribution < -0.4 is 113 Å². The molecule has 692 valence electrons. The van der Waals surface area contributed by atoms with E-state index >= 15 is 0 Å². The van der Waals surface area contributed by atoms with Crippen LogP contribution in [0.15, 0.2) is 298 Å². The van der Waals surface area contributed by atoms with Crippen LogP contribution in [0, 0.1) is 0 Å². The standard InChI is InChI=1S/C19H12O6.C19H20O5.C19H16O4.C17H14O6.C10H6O4.C10H8O4.C10H8O3.Na/c20-14-5-3-7-16-12(14)8-10(18(22)24-16)9-13-17(21)11-4-1-2-6-15(11)25-19(13)23;1-5-11(2)18(21)24-19(3,4)15-10-13-14(22-15)8-6-12-7-9-16(20)23-17(12)13;1-12(20)11-15(13-7-3-2-4-8-13)17-18(21)14-9-5-6-10-16(14)23-19(17)22;1-20-10-6-11-14(8-4-5-21-17(8)22-11)15-13(10)7-2-3-9(18)12(7)16(19)23-15;11-10-2-1-6-3-8-9(13-5-12-8)4-7(6)14-10;1-13-9-4-6-2-3-10(12)14-8(6)5-7(9)11;1-12-8-4-2-7-3-5-10(11)13-9(7)6-8;/h1-8,20-21H,9H2;5-9,15H,10H2,1-4H3;2-10,15,21H,11H2,1H3;6,8,17H,2-5H2,1H3;1-4H,5H2;2-5,11H,1H3;2-6H,1H3;/q;;;;;;;+1/p-1/b;11-5+;;;;;;/t;15-;;8-,17+;;;;/m.0.0..../s1. The van der Waals surface area contributed by atoms with Crippen molar-refractivity contribution in [3.05, 3.63) is 352 Å². The number of phenolic OH excluding ortho intramolecular Hbond substituents is 2. The molecule has 1 fully saturated rings. The van der Waals surface area contributed by atoms with Crippen molar-refractivity contribution in [2.45, 2.75) is 103 Å². The number of para-hydroxylation sites is 2. The molecule has 8 aromatic heterocycles. The fourth-order valence-corrected chi connectivity index (χ4v) is 16.2. The number of phenols is 2. The van der Waals surface area contributed by atoms with Crippen molar-refractivity contribution < 1.29 is 142 Å². The van der Waals surface area contributed by atoms with Gasteiger partial charge in [-0.3, -0.25) is 9.59 Å². The largest absolute Gasteiger partial charge is 1.00 e. The molecule has 4 atom stereocenters. The van der Waals surface area contributed by atoms with Crippen molar-refractivity contribution in [1.29, 1.82) is 0 Å². The first-order valence-corrected chi connectivity index (χ1v) is 42.5. The summed E-state index contributed by atoms with van der Waals surface area (Å²) in [5.74, 6) is 2.35. The third-order valence-electron chi connectivity index (χ3n) is 23.2. The second kappa shape index (κ2) is 40.8. The molecule has 22 rings (SSSR count). The molecule has 17 aromatic rings. The first-order chi connectivity index (χ1) is 65.4. The van der Waals surface area contributed by atoms with Gasteiger partial charge >= 0.3 is 80.5 Å². The second-order valence-electron chi connectivity index (χ2n) is 32.2. The smallest absolute Gasteiger partial charge is 0.872 e. The van der Waals surface area contributed by atoms with Gasteiger partial charge in [-0.25, -0.2) is 43.2 Å². The Labute approximate surface area is 795 Å². The number of aryl methyl sites for hydroxylation is 1. The van der Waals surface area contributed by atoms with Crippen LogP contribution in [0.25, 0.3) is 87.8 Å². The molecule has 5 aliphatic rings. The third kappa shape index (κ3) is 20.4. The molecular weight excluding hydrogens is 1780 g/mol. The van der Waals surface area contributed by atoms with Gasteiger partial charge in [-0.2, -0.15) is 0 Å². The van der Waals surface area contributed by atoms with E-state index < -0.39 is 45.3 Å². The summed E-state index contributed by atoms with van der Waals surface area (Å²) in [7, 11) is 4.59. The summed E-state index contributed by atoms with van der Waals surface area (Å²) in [5.41, 5.74) is 2.23. The van der Waals surface area contributed by atoms with Crippen LogP contribution in [0.1, 0.15) is 115 Å². The minimum atomic E-state index is -0.818. The SMILES string of the molecule is C/C=C(\C)C(=O)OC(C)(C)[C@@H]1Cc2c(ccc3ccc(=O)oc23)O1.CC(=O)CC(c1ccccc1)c1c([O-])c2ccccc2oc1=O.COc1cc2c(c3oc(=O)c4c(c13)CCC4=O)[C@@H]1CCO[C@@H]1O2.COc1cc2ccc(=O)oc2cc1O.COc1ccc2ccc(=O)oc2c1.O=c1ccc2cc3c(cc2o1)OCO3.O=c1oc2cccc(O)c2cc1Cc1c(O)c2ccccc2oc1=O.[Na+]. The molecule has 137 heavy (non-hydrogen) atoms. The van der Waals surface area contributed by atoms with Crippen LogP contribution in [0.2, 0.25) is 0 Å². The Kier molecular flexibility index (Phi) is 28.5. The number of esters is 1. The molecule has 4 aliphatic heterocycles. The van der Waals surface area contributed by atoms with Gasteiger partial charge in [0.2, 0.25) is 13.1 Å². The fourth-order valence-electron chi connectivity index (χ4n) is 16.2. The molecule has 1 aliphatic carbocycles. The topological polar surface area (TPSA) is 460 Å². The van der Waals surface area contributed by atoms with Crippen molar-refractivity contribution in [3.63, 3.8) is 0 Å². The van der Waals surface area contributed by atoms with E-state index in [0.717, 1.165) is 50.2 Å². The molecule has 3 N–H and O–H groups in total. The number of fused-ring (bicyclic) bond motifs is 17. The van der Waals surface area contributed by atoms with Crippen molar-refractivity contribution in [2.75, 3.05) is 34.7 Å². The monoisotopic (exact) mass is 1870 g/mol. The van der Waals surface area contributed by atoms with Gasteiger partial charge in [0.25, 0.3) is 0 Å². The van der Waals surface area contributed by atoms with E-state index in [1.807, 2.05) is 74.5 Å². The number of rotatable bonds is 12. The summed E-state index contributed by atoms with van der Waals surface area (Å²) in [5, 5.41) is 47.6. The average molecular weight is 1870 g/mol. The average Bonchev–Trinajstić information content (AvgIpc) is 1.57. The zero-order valence-corrected chi connectivity index (χ0v) is 76.9. The molecule has 32 nitrogen and oxygen atoms in total. The zero-order valence-electron chi connectivity index (χ0n) is 74.9. The van der Waals surface area contributed by atoms with Crippen LogP contribution in [-0.2, 0) is 38.3 Å². The minimum Gasteiger partial charge on any atom is -0.872 e. The number of aromatic hydroxyl groups is 3. The normalized spacial score (nSPS) is 14.7. The summed E-state index contributed by atoms with van der Waals surface area (Å²) in [6.07, 6.45) is 3.15. The number of benzene rings is 9. The predicted molar refractivity (Wildman–Crippen MR) is 495 cm³/mol. The Morgan fingerprint density at radius 2 is 1.10 bits per heavy atom. The number of allylic oxidation sites excluding steroid dienone is 1. The molecule has 0 saturated carbocycles. The molecule has 12 heterocycles. The van der Waals surface area contributed by atoms with Crippen LogP contribution >= 0.6 is 0 Å². The number of carbonyl (C=O) groups is 3. The molecule has 33 heteroatoms. The van der Waals surface area contributed by atoms with E-state index in [0.29, 0.717) is 121 Å². The van der Waals surface area contributed by atoms with Gasteiger partial charge in [-0.05, 0) is 156 Å². The Morgan fingerprint density at radius 1 is 0.511 bits per heavy atom. The Balaban J connectivity index is 0.000000123. The molecule has 9 aromatic carbocycles. The van der Waals surface area contributed by atoms with Gasteiger partial charge in [0.15, 0.2) is 28.8 Å². The molecule has 0 spiro atoms. The number of Topliss-reactive ketones (excluding diaryl/α,β-unsaturated/α-hetero) is 2. The van der Waals surface area contributed by atoms with Crippen molar-refractivity contribution in [1.82, 2.24) is 0 Å². The van der Waals surface area contributed by atoms with Crippen molar-refractivity contribution >= 4 is 105 Å². The number of ketones is 2. The van der Waals surface area contributed by atoms with Crippen LogP contribution in [0.5, 0.6) is 63.2 Å². The Hall–Kier alpha value is -16.0. The second-order valence-corrected chi connectivity index (χ2v) is 32.2. The molecular formula is C104H83NaO32. The first kappa shape index (κ1) is 95.6. The van der Waals surface area contributed by atoms with Crippen LogP contribution in [0.3, 0.4) is 0 Å². The van der Waals surface area contributed by atoms with Crippen LogP contribution in [0.4, 0.5) is 0 Å². The zero-order chi connectivity index (χ0) is 96.1. The van der Waals surface area contributed by atoms with E-state index in [9.17, 15) is 73.2 Å². The van der Waals surface area contributed by atoms with E-state index in [1.54, 1.807) is 143 Å². The summed E-state index contributed by atoms with van der Waals surface area (Å²) in [6, 6.07) is 57.9. The number of ether oxygens (including phenoxy) is 9. The van der Waals surface area contributed by atoms with Crippen molar-refractivity contribution in [3.8, 4) is 63.2 Å². The van der Waals surface area contributed by atoms with Crippen LogP contribution in [-0.4, -0.2) is 85.6 Å². The minimum absolute atomic E-state index is 0.